The minimum atomic E-state index is -0.412. The van der Waals surface area contributed by atoms with Crippen LogP contribution in [0.5, 0.6) is 5.75 Å². The zero-order valence-corrected chi connectivity index (χ0v) is 12.5. The van der Waals surface area contributed by atoms with Gasteiger partial charge in [0.2, 0.25) is 0 Å². The molecule has 1 N–H and O–H groups in total. The van der Waals surface area contributed by atoms with Crippen LogP contribution in [0.1, 0.15) is 19.8 Å². The molecule has 0 atom stereocenters. The molecular formula is C15H23N3O3. The molecule has 0 unspecified atom stereocenters. The molecule has 1 fully saturated rings. The fourth-order valence-corrected chi connectivity index (χ4v) is 2.29. The van der Waals surface area contributed by atoms with Crippen LogP contribution in [0, 0.1) is 10.1 Å². The Labute approximate surface area is 125 Å². The molecule has 1 aliphatic rings. The fraction of sp³-hybridized carbons (Fsp3) is 0.600. The first-order valence-corrected chi connectivity index (χ1v) is 7.52. The van der Waals surface area contributed by atoms with Gasteiger partial charge in [-0.2, -0.15) is 0 Å². The summed E-state index contributed by atoms with van der Waals surface area (Å²) in [6, 6.07) is 6.98. The maximum absolute atomic E-state index is 10.5. The van der Waals surface area contributed by atoms with E-state index in [1.165, 1.54) is 25.0 Å². The van der Waals surface area contributed by atoms with E-state index < -0.39 is 4.92 Å². The van der Waals surface area contributed by atoms with Gasteiger partial charge in [-0.25, -0.2) is 0 Å². The highest BCUT2D eigenvalue weighted by atomic mass is 16.6. The van der Waals surface area contributed by atoms with Gasteiger partial charge in [-0.15, -0.1) is 0 Å². The molecule has 0 heterocycles. The second-order valence-electron chi connectivity index (χ2n) is 5.21. The minimum absolute atomic E-state index is 0.0835. The fourth-order valence-electron chi connectivity index (χ4n) is 2.29. The molecule has 116 valence electrons. The average molecular weight is 293 g/mol. The van der Waals surface area contributed by atoms with Crippen LogP contribution in [0.3, 0.4) is 0 Å². The largest absolute Gasteiger partial charge is 0.492 e. The molecule has 0 aliphatic heterocycles. The van der Waals surface area contributed by atoms with Gasteiger partial charge < -0.3 is 10.1 Å². The van der Waals surface area contributed by atoms with Crippen molar-refractivity contribution in [2.45, 2.75) is 25.8 Å². The van der Waals surface area contributed by atoms with E-state index in [-0.39, 0.29) is 5.69 Å². The van der Waals surface area contributed by atoms with Crippen LogP contribution in [0.2, 0.25) is 0 Å². The van der Waals surface area contributed by atoms with Crippen LogP contribution >= 0.6 is 0 Å². The van der Waals surface area contributed by atoms with Crippen LogP contribution < -0.4 is 10.1 Å². The Morgan fingerprint density at radius 1 is 1.33 bits per heavy atom. The van der Waals surface area contributed by atoms with E-state index >= 15 is 0 Å². The van der Waals surface area contributed by atoms with Crippen molar-refractivity contribution in [3.63, 3.8) is 0 Å². The van der Waals surface area contributed by atoms with E-state index in [9.17, 15) is 10.1 Å². The molecule has 1 aromatic carbocycles. The lowest BCUT2D eigenvalue weighted by molar-refractivity contribution is -0.384. The van der Waals surface area contributed by atoms with Crippen molar-refractivity contribution in [2.75, 3.05) is 32.8 Å². The number of likely N-dealkylation sites (N-methyl/N-ethyl adjacent to an activating group) is 1. The Hall–Kier alpha value is -1.66. The summed E-state index contributed by atoms with van der Waals surface area (Å²) >= 11 is 0. The molecule has 21 heavy (non-hydrogen) atoms. The molecule has 0 bridgehead atoms. The molecule has 0 spiro atoms. The number of nitrogens with zero attached hydrogens (tertiary/aromatic N) is 2. The van der Waals surface area contributed by atoms with Gasteiger partial charge in [0.05, 0.1) is 4.92 Å². The number of ether oxygens (including phenoxy) is 1. The van der Waals surface area contributed by atoms with Crippen molar-refractivity contribution in [2.24, 2.45) is 0 Å². The molecule has 1 saturated carbocycles. The molecule has 0 saturated heterocycles. The third kappa shape index (κ3) is 5.32. The van der Waals surface area contributed by atoms with Gasteiger partial charge in [-0.05, 0) is 31.5 Å². The van der Waals surface area contributed by atoms with Gasteiger partial charge in [-0.1, -0.05) is 6.92 Å². The van der Waals surface area contributed by atoms with Crippen LogP contribution in [0.15, 0.2) is 24.3 Å². The van der Waals surface area contributed by atoms with Crippen LogP contribution in [-0.4, -0.2) is 48.7 Å². The molecular weight excluding hydrogens is 270 g/mol. The lowest BCUT2D eigenvalue weighted by Crippen LogP contribution is -2.34. The topological polar surface area (TPSA) is 67.6 Å². The quantitative estimate of drug-likeness (QED) is 0.406. The maximum atomic E-state index is 10.5. The molecule has 1 aromatic rings. The second-order valence-corrected chi connectivity index (χ2v) is 5.21. The summed E-state index contributed by atoms with van der Waals surface area (Å²) in [5.74, 6) is 0.663. The van der Waals surface area contributed by atoms with Crippen molar-refractivity contribution < 1.29 is 9.66 Å². The van der Waals surface area contributed by atoms with Crippen molar-refractivity contribution >= 4 is 5.69 Å². The summed E-state index contributed by atoms with van der Waals surface area (Å²) in [4.78, 5) is 12.6. The predicted molar refractivity (Wildman–Crippen MR) is 81.7 cm³/mol. The first kappa shape index (κ1) is 15.7. The first-order valence-electron chi connectivity index (χ1n) is 7.52. The van der Waals surface area contributed by atoms with Gasteiger partial charge in [0.15, 0.2) is 0 Å². The average Bonchev–Trinajstić information content (AvgIpc) is 3.31. The summed E-state index contributed by atoms with van der Waals surface area (Å²) in [6.45, 7) is 6.71. The van der Waals surface area contributed by atoms with Gasteiger partial charge in [-0.3, -0.25) is 15.0 Å². The standard InChI is InChI=1S/C15H23N3O3/c1-2-17(13-3-4-13)11-9-16-10-12-21-15-7-5-14(6-8-15)18(19)20/h5-8,13,16H,2-4,9-12H2,1H3. The van der Waals surface area contributed by atoms with Crippen molar-refractivity contribution in [3.8, 4) is 5.75 Å². The number of hydrogen-bond donors (Lipinski definition) is 1. The number of nitro groups is 1. The van der Waals surface area contributed by atoms with Gasteiger partial charge >= 0.3 is 0 Å². The third-order valence-corrected chi connectivity index (χ3v) is 3.64. The Morgan fingerprint density at radius 2 is 2.05 bits per heavy atom. The Bertz CT molecular complexity index is 446. The summed E-state index contributed by atoms with van der Waals surface area (Å²) in [7, 11) is 0. The maximum Gasteiger partial charge on any atom is 0.269 e. The lowest BCUT2D eigenvalue weighted by Gasteiger charge is -2.19. The SMILES string of the molecule is CCN(CCNCCOc1ccc([N+](=O)[O-])cc1)C1CC1. The van der Waals surface area contributed by atoms with Crippen molar-refractivity contribution in [1.82, 2.24) is 10.2 Å². The first-order chi connectivity index (χ1) is 10.2. The highest BCUT2D eigenvalue weighted by Crippen LogP contribution is 2.25. The summed E-state index contributed by atoms with van der Waals surface area (Å²) in [5, 5.41) is 13.9. The number of hydrogen-bond acceptors (Lipinski definition) is 5. The summed E-state index contributed by atoms with van der Waals surface area (Å²) in [6.07, 6.45) is 2.69. The van der Waals surface area contributed by atoms with E-state index in [0.29, 0.717) is 12.4 Å². The van der Waals surface area contributed by atoms with Crippen molar-refractivity contribution in [3.05, 3.63) is 34.4 Å². The minimum Gasteiger partial charge on any atom is -0.492 e. The van der Waals surface area contributed by atoms with Gasteiger partial charge in [0.1, 0.15) is 12.4 Å². The lowest BCUT2D eigenvalue weighted by atomic mass is 10.3. The summed E-state index contributed by atoms with van der Waals surface area (Å²) < 4.78 is 5.54. The Morgan fingerprint density at radius 3 is 2.62 bits per heavy atom. The second kappa shape index (κ2) is 7.95. The van der Waals surface area contributed by atoms with Crippen molar-refractivity contribution in [1.29, 1.82) is 0 Å². The number of rotatable bonds is 10. The van der Waals surface area contributed by atoms with Gasteiger partial charge in [0.25, 0.3) is 5.69 Å². The van der Waals surface area contributed by atoms with Gasteiger partial charge in [0, 0.05) is 37.8 Å². The van der Waals surface area contributed by atoms with Crippen LogP contribution in [-0.2, 0) is 0 Å². The number of non-ortho nitro benzene ring substituents is 1. The molecule has 1 aliphatic carbocycles. The number of nitro benzene ring substituents is 1. The highest BCUT2D eigenvalue weighted by Gasteiger charge is 2.26. The smallest absolute Gasteiger partial charge is 0.269 e. The number of benzene rings is 1. The third-order valence-electron chi connectivity index (χ3n) is 3.64. The predicted octanol–water partition coefficient (Wildman–Crippen LogP) is 2.05. The highest BCUT2D eigenvalue weighted by molar-refractivity contribution is 5.35. The number of nitrogens with one attached hydrogen (secondary N) is 1. The molecule has 0 radical (unpaired) electrons. The van der Waals surface area contributed by atoms with E-state index in [1.807, 2.05) is 0 Å². The monoisotopic (exact) mass is 293 g/mol. The van der Waals surface area contributed by atoms with E-state index in [2.05, 4.69) is 17.1 Å². The molecule has 2 rings (SSSR count). The Balaban J connectivity index is 1.55. The molecule has 0 aromatic heterocycles. The van der Waals surface area contributed by atoms with Crippen LogP contribution in [0.25, 0.3) is 0 Å². The Kier molecular flexibility index (Phi) is 5.95. The van der Waals surface area contributed by atoms with E-state index in [0.717, 1.165) is 32.2 Å². The zero-order chi connectivity index (χ0) is 15.1. The normalized spacial score (nSPS) is 14.4. The molecule has 0 amide bonds. The van der Waals surface area contributed by atoms with E-state index in [4.69, 9.17) is 4.74 Å². The molecule has 6 nitrogen and oxygen atoms in total. The molecule has 6 heteroatoms. The summed E-state index contributed by atoms with van der Waals surface area (Å²) in [5.41, 5.74) is 0.0835. The zero-order valence-electron chi connectivity index (χ0n) is 12.5. The van der Waals surface area contributed by atoms with E-state index in [1.54, 1.807) is 12.1 Å². The van der Waals surface area contributed by atoms with Crippen LogP contribution in [0.4, 0.5) is 5.69 Å².